The summed E-state index contributed by atoms with van der Waals surface area (Å²) in [6.45, 7) is 5.86. The van der Waals surface area contributed by atoms with Gasteiger partial charge in [0.05, 0.1) is 16.4 Å². The molecule has 2 N–H and O–H groups in total. The van der Waals surface area contributed by atoms with E-state index in [-0.39, 0.29) is 12.5 Å². The second-order valence-corrected chi connectivity index (χ2v) is 8.47. The molecule has 0 spiro atoms. The number of fused-ring (bicyclic) bond motifs is 1. The van der Waals surface area contributed by atoms with Crippen LogP contribution in [0.2, 0.25) is 5.02 Å². The van der Waals surface area contributed by atoms with Gasteiger partial charge in [0.1, 0.15) is 5.82 Å². The highest BCUT2D eigenvalue weighted by molar-refractivity contribution is 6.35. The number of halogens is 2. The summed E-state index contributed by atoms with van der Waals surface area (Å²) in [7, 11) is 0. The number of nitrogens with zero attached hydrogens (tertiary/aromatic N) is 3. The van der Waals surface area contributed by atoms with E-state index in [1.807, 2.05) is 25.1 Å². The summed E-state index contributed by atoms with van der Waals surface area (Å²) >= 11 is 6.12. The van der Waals surface area contributed by atoms with E-state index in [2.05, 4.69) is 26.8 Å². The van der Waals surface area contributed by atoms with E-state index in [9.17, 15) is 14.4 Å². The minimum absolute atomic E-state index is 0.000228. The Bertz CT molecular complexity index is 1620. The third kappa shape index (κ3) is 5.62. The number of aryl methyl sites for hydroxylation is 1. The minimum Gasteiger partial charge on any atom is -0.360 e. The second kappa shape index (κ2) is 10.3. The number of aromatic nitrogens is 3. The highest BCUT2D eigenvalue weighted by Gasteiger charge is 2.12. The van der Waals surface area contributed by atoms with Crippen molar-refractivity contribution in [1.29, 1.82) is 5.26 Å². The summed E-state index contributed by atoms with van der Waals surface area (Å²) in [5.41, 5.74) is 3.58. The number of hydrogen-bond donors (Lipinski definition) is 2. The Morgan fingerprint density at radius 3 is 2.94 bits per heavy atom. The van der Waals surface area contributed by atoms with Gasteiger partial charge < -0.3 is 10.3 Å². The first-order chi connectivity index (χ1) is 16.8. The normalized spacial score (nSPS) is 12.1. The van der Waals surface area contributed by atoms with Gasteiger partial charge in [0, 0.05) is 70.6 Å². The van der Waals surface area contributed by atoms with Crippen LogP contribution in [0.3, 0.4) is 0 Å². The molecule has 0 unspecified atom stereocenters. The molecule has 0 bridgehead atoms. The summed E-state index contributed by atoms with van der Waals surface area (Å²) in [4.78, 5) is 24.2. The van der Waals surface area contributed by atoms with Crippen molar-refractivity contribution in [1.82, 2.24) is 20.3 Å². The van der Waals surface area contributed by atoms with Gasteiger partial charge >= 0.3 is 0 Å². The Hall–Kier alpha value is -4.28. The predicted molar refractivity (Wildman–Crippen MR) is 134 cm³/mol. The van der Waals surface area contributed by atoms with Crippen molar-refractivity contribution >= 4 is 41.1 Å². The third-order valence-electron chi connectivity index (χ3n) is 5.43. The zero-order valence-corrected chi connectivity index (χ0v) is 19.7. The van der Waals surface area contributed by atoms with Crippen molar-refractivity contribution in [3.8, 4) is 6.07 Å². The summed E-state index contributed by atoms with van der Waals surface area (Å²) in [6, 6.07) is 10.2. The van der Waals surface area contributed by atoms with Crippen molar-refractivity contribution in [3.05, 3.63) is 104 Å². The van der Waals surface area contributed by atoms with E-state index in [4.69, 9.17) is 11.6 Å². The highest BCUT2D eigenvalue weighted by atomic mass is 35.5. The van der Waals surface area contributed by atoms with Crippen LogP contribution in [-0.2, 0) is 13.0 Å². The standard InChI is InChI=1S/C27H21ClFN5O/c1-16-7-20(17(2)32-13-16)8-18(3-5-30)9-22-10-19(4-6-31-22)27(35)34-14-21-11-23-24(28)15-33-26(23)12-25(21)29/h3-4,6-8,10-13,15,33H,2,9,14H2,1H3,(H,34,35)/b18-3+,20-8-. The number of carbonyl (C=O) groups is 1. The number of carbonyl (C=O) groups excluding carboxylic acids is 1. The Morgan fingerprint density at radius 1 is 1.31 bits per heavy atom. The average Bonchev–Trinajstić information content (AvgIpc) is 3.19. The average molecular weight is 486 g/mol. The van der Waals surface area contributed by atoms with Crippen molar-refractivity contribution in [2.24, 2.45) is 0 Å². The maximum absolute atomic E-state index is 14.4. The van der Waals surface area contributed by atoms with Crippen LogP contribution in [-0.4, -0.2) is 20.9 Å². The number of H-pyrrole nitrogens is 1. The molecule has 0 saturated heterocycles. The predicted octanol–water partition coefficient (Wildman–Crippen LogP) is 3.87. The summed E-state index contributed by atoms with van der Waals surface area (Å²) < 4.78 is 14.4. The van der Waals surface area contributed by atoms with Gasteiger partial charge in [-0.3, -0.25) is 14.8 Å². The van der Waals surface area contributed by atoms with Crippen LogP contribution in [0, 0.1) is 24.1 Å². The van der Waals surface area contributed by atoms with Gasteiger partial charge in [-0.25, -0.2) is 4.39 Å². The molecule has 1 amide bonds. The third-order valence-corrected chi connectivity index (χ3v) is 5.75. The zero-order valence-electron chi connectivity index (χ0n) is 18.9. The molecule has 8 heteroatoms. The number of nitrogens with one attached hydrogen (secondary N) is 2. The van der Waals surface area contributed by atoms with Gasteiger partial charge in [-0.2, -0.15) is 5.26 Å². The second-order valence-electron chi connectivity index (χ2n) is 8.06. The molecule has 0 saturated carbocycles. The fraction of sp³-hybridized carbons (Fsp3) is 0.111. The van der Waals surface area contributed by atoms with E-state index in [0.717, 1.165) is 10.8 Å². The Morgan fingerprint density at radius 2 is 2.14 bits per heavy atom. The van der Waals surface area contributed by atoms with Crippen LogP contribution in [0.25, 0.3) is 23.6 Å². The molecule has 174 valence electrons. The van der Waals surface area contributed by atoms with Crippen LogP contribution >= 0.6 is 11.6 Å². The quantitative estimate of drug-likeness (QED) is 0.405. The lowest BCUT2D eigenvalue weighted by molar-refractivity contribution is 0.0950. The van der Waals surface area contributed by atoms with Crippen LogP contribution in [0.15, 0.2) is 60.6 Å². The number of amides is 1. The summed E-state index contributed by atoms with van der Waals surface area (Å²) in [6.07, 6.45) is 8.45. The van der Waals surface area contributed by atoms with Gasteiger partial charge in [0.25, 0.3) is 5.91 Å². The number of nitriles is 1. The van der Waals surface area contributed by atoms with Crippen molar-refractivity contribution in [2.75, 3.05) is 0 Å². The lowest BCUT2D eigenvalue weighted by Gasteiger charge is -2.08. The van der Waals surface area contributed by atoms with E-state index < -0.39 is 5.82 Å². The van der Waals surface area contributed by atoms with Crippen LogP contribution in [0.1, 0.15) is 27.2 Å². The van der Waals surface area contributed by atoms with Gasteiger partial charge in [-0.15, -0.1) is 0 Å². The van der Waals surface area contributed by atoms with Crippen LogP contribution in [0.4, 0.5) is 4.39 Å². The maximum atomic E-state index is 14.4. The molecule has 0 aliphatic rings. The lowest BCUT2D eigenvalue weighted by Crippen LogP contribution is -2.26. The molecule has 3 aromatic heterocycles. The zero-order chi connectivity index (χ0) is 24.9. The Kier molecular flexibility index (Phi) is 7.04. The largest absolute Gasteiger partial charge is 0.360 e. The van der Waals surface area contributed by atoms with Gasteiger partial charge in [-0.05, 0) is 54.5 Å². The molecule has 0 fully saturated rings. The van der Waals surface area contributed by atoms with Gasteiger partial charge in [-0.1, -0.05) is 18.2 Å². The first-order valence-electron chi connectivity index (χ1n) is 10.7. The molecule has 35 heavy (non-hydrogen) atoms. The smallest absolute Gasteiger partial charge is 0.251 e. The van der Waals surface area contributed by atoms with Crippen LogP contribution in [0.5, 0.6) is 0 Å². The van der Waals surface area contributed by atoms with Crippen molar-refractivity contribution < 1.29 is 9.18 Å². The van der Waals surface area contributed by atoms with E-state index in [0.29, 0.717) is 50.1 Å². The number of benzene rings is 1. The fourth-order valence-electron chi connectivity index (χ4n) is 3.66. The Balaban J connectivity index is 1.52. The van der Waals surface area contributed by atoms with Crippen molar-refractivity contribution in [3.63, 3.8) is 0 Å². The minimum atomic E-state index is -0.441. The molecule has 0 aliphatic carbocycles. The molecule has 0 atom stereocenters. The molecule has 4 aromatic rings. The van der Waals surface area contributed by atoms with Gasteiger partial charge in [0.2, 0.25) is 0 Å². The molecule has 1 aromatic carbocycles. The molecular weight excluding hydrogens is 465 g/mol. The number of pyridine rings is 2. The van der Waals surface area contributed by atoms with E-state index in [1.54, 1.807) is 30.6 Å². The molecular formula is C27H21ClFN5O. The maximum Gasteiger partial charge on any atom is 0.251 e. The van der Waals surface area contributed by atoms with Crippen LogP contribution < -0.4 is 15.9 Å². The number of allylic oxidation sites excluding steroid dienone is 2. The molecule has 0 radical (unpaired) electrons. The number of hydrogen-bond acceptors (Lipinski definition) is 4. The first kappa shape index (κ1) is 23.9. The molecule has 4 rings (SSSR count). The van der Waals surface area contributed by atoms with Crippen molar-refractivity contribution in [2.45, 2.75) is 19.9 Å². The first-order valence-corrected chi connectivity index (χ1v) is 11.1. The topological polar surface area (TPSA) is 94.5 Å². The monoisotopic (exact) mass is 485 g/mol. The number of aromatic amines is 1. The molecule has 3 heterocycles. The molecule has 0 aliphatic heterocycles. The highest BCUT2D eigenvalue weighted by Crippen LogP contribution is 2.25. The molecule has 6 nitrogen and oxygen atoms in total. The summed E-state index contributed by atoms with van der Waals surface area (Å²) in [5, 5.41) is 14.5. The SMILES string of the molecule is C=c1ncc(C)c/c1=C/C(=C\C#N)Cc1cc(C(=O)NCc2cc3c(Cl)c[nH]c3cc2F)ccn1. The van der Waals surface area contributed by atoms with Gasteiger partial charge in [0.15, 0.2) is 0 Å². The Labute approximate surface area is 206 Å². The number of rotatable bonds is 6. The van der Waals surface area contributed by atoms with E-state index in [1.165, 1.54) is 18.3 Å². The lowest BCUT2D eigenvalue weighted by atomic mass is 10.1. The summed E-state index contributed by atoms with van der Waals surface area (Å²) in [5.74, 6) is -0.810. The van der Waals surface area contributed by atoms with E-state index >= 15 is 0 Å². The fourth-order valence-corrected chi connectivity index (χ4v) is 3.87.